The van der Waals surface area contributed by atoms with Crippen LogP contribution in [-0.4, -0.2) is 18.5 Å². The Hall–Kier alpha value is -3.68. The van der Waals surface area contributed by atoms with Gasteiger partial charge in [-0.25, -0.2) is 0 Å². The van der Waals surface area contributed by atoms with Crippen LogP contribution in [0, 0.1) is 0 Å². The summed E-state index contributed by atoms with van der Waals surface area (Å²) < 4.78 is 52.7. The molecule has 0 atom stereocenters. The number of pyridine rings is 1. The van der Waals surface area contributed by atoms with Gasteiger partial charge in [-0.2, -0.15) is 0 Å². The Morgan fingerprint density at radius 2 is 1.80 bits per heavy atom. The molecule has 8 heteroatoms. The van der Waals surface area contributed by atoms with E-state index in [1.165, 1.54) is 31.5 Å². The van der Waals surface area contributed by atoms with Crippen molar-refractivity contribution in [2.75, 3.05) is 7.11 Å². The smallest absolute Gasteiger partial charge is 0.496 e. The number of benzene rings is 2. The highest BCUT2D eigenvalue weighted by atomic mass is 19.4. The first kappa shape index (κ1) is 21.0. The van der Waals surface area contributed by atoms with Gasteiger partial charge in [-0.15, -0.1) is 13.2 Å². The van der Waals surface area contributed by atoms with Crippen LogP contribution in [0.3, 0.4) is 0 Å². The lowest BCUT2D eigenvalue weighted by Crippen LogP contribution is -2.17. The van der Waals surface area contributed by atoms with Crippen LogP contribution in [0.25, 0.3) is 16.5 Å². The number of allylic oxidation sites excluding steroid dienone is 2. The predicted octanol–water partition coefficient (Wildman–Crippen LogP) is 5.81. The van der Waals surface area contributed by atoms with Crippen LogP contribution in [0.1, 0.15) is 12.5 Å². The van der Waals surface area contributed by atoms with Crippen LogP contribution in [0.15, 0.2) is 67.0 Å². The van der Waals surface area contributed by atoms with Crippen molar-refractivity contribution < 1.29 is 27.4 Å². The Kier molecular flexibility index (Phi) is 5.86. The van der Waals surface area contributed by atoms with E-state index in [2.05, 4.69) is 16.3 Å². The van der Waals surface area contributed by atoms with Crippen molar-refractivity contribution >= 4 is 16.5 Å². The zero-order valence-corrected chi connectivity index (χ0v) is 16.3. The van der Waals surface area contributed by atoms with Crippen LogP contribution in [0.2, 0.25) is 0 Å². The number of nitrogens with zero attached hydrogens (tertiary/aromatic N) is 1. The summed E-state index contributed by atoms with van der Waals surface area (Å²) in [5.41, 5.74) is 8.04. The van der Waals surface area contributed by atoms with Crippen LogP contribution in [0.4, 0.5) is 13.2 Å². The molecule has 0 saturated carbocycles. The van der Waals surface area contributed by atoms with E-state index in [9.17, 15) is 13.2 Å². The fourth-order valence-corrected chi connectivity index (χ4v) is 2.99. The van der Waals surface area contributed by atoms with Gasteiger partial charge in [0.1, 0.15) is 23.0 Å². The van der Waals surface area contributed by atoms with Crippen molar-refractivity contribution in [2.45, 2.75) is 13.3 Å². The Morgan fingerprint density at radius 3 is 2.43 bits per heavy atom. The Bertz CT molecular complexity index is 1120. The fraction of sp³-hybridized carbons (Fsp3) is 0.136. The number of aromatic nitrogens is 1. The highest BCUT2D eigenvalue weighted by molar-refractivity contribution is 5.86. The molecule has 0 radical (unpaired) electrons. The number of fused-ring (bicyclic) bond motifs is 1. The molecule has 0 spiro atoms. The van der Waals surface area contributed by atoms with Crippen molar-refractivity contribution in [3.05, 3.63) is 72.6 Å². The number of rotatable bonds is 6. The van der Waals surface area contributed by atoms with Gasteiger partial charge in [0.15, 0.2) is 0 Å². The minimum absolute atomic E-state index is 0.300. The minimum Gasteiger partial charge on any atom is -0.496 e. The first-order valence-corrected chi connectivity index (χ1v) is 8.83. The van der Waals surface area contributed by atoms with E-state index in [1.807, 2.05) is 13.0 Å². The molecule has 156 valence electrons. The largest absolute Gasteiger partial charge is 0.573 e. The third-order valence-electron chi connectivity index (χ3n) is 4.23. The fourth-order valence-electron chi connectivity index (χ4n) is 2.99. The van der Waals surface area contributed by atoms with Crippen LogP contribution in [0.5, 0.6) is 23.0 Å². The van der Waals surface area contributed by atoms with Crippen molar-refractivity contribution in [1.29, 1.82) is 0 Å². The molecular weight excluding hydrogens is 397 g/mol. The topological polar surface area (TPSA) is 66.6 Å². The highest BCUT2D eigenvalue weighted by Gasteiger charge is 2.31. The summed E-state index contributed by atoms with van der Waals surface area (Å²) in [6.45, 7) is 5.61. The number of halogens is 3. The molecule has 0 saturated heterocycles. The Morgan fingerprint density at radius 1 is 1.07 bits per heavy atom. The second kappa shape index (κ2) is 8.36. The Balaban J connectivity index is 1.95. The molecule has 1 heterocycles. The van der Waals surface area contributed by atoms with Crippen molar-refractivity contribution in [1.82, 2.24) is 4.98 Å². The lowest BCUT2D eigenvalue weighted by atomic mass is 10.0. The third-order valence-corrected chi connectivity index (χ3v) is 4.23. The summed E-state index contributed by atoms with van der Waals surface area (Å²) in [6, 6.07) is 10.7. The molecule has 1 aromatic heterocycles. The maximum Gasteiger partial charge on any atom is 0.573 e. The standard InChI is InChI=1S/C22H19F3N2O3/c1-4-16(13(2)26)17-7-5-14(12-21(17)28-3)29-20-9-10-27-19-11-15(6-8-18(19)20)30-22(23,24)25/h4-12H,2,26H2,1,3H3/b16-4+. The molecule has 0 aliphatic rings. The summed E-state index contributed by atoms with van der Waals surface area (Å²) in [4.78, 5) is 4.09. The van der Waals surface area contributed by atoms with E-state index < -0.39 is 6.36 Å². The van der Waals surface area contributed by atoms with Gasteiger partial charge in [0, 0.05) is 40.5 Å². The normalized spacial score (nSPS) is 12.0. The number of hydrogen-bond acceptors (Lipinski definition) is 5. The van der Waals surface area contributed by atoms with Gasteiger partial charge in [0.05, 0.1) is 12.6 Å². The zero-order chi connectivity index (χ0) is 21.9. The number of ether oxygens (including phenoxy) is 3. The molecule has 30 heavy (non-hydrogen) atoms. The molecule has 0 aliphatic heterocycles. The molecule has 0 bridgehead atoms. The van der Waals surface area contributed by atoms with Gasteiger partial charge in [-0.05, 0) is 37.3 Å². The Labute approximate surface area is 171 Å². The van der Waals surface area contributed by atoms with Crippen molar-refractivity contribution in [2.24, 2.45) is 5.73 Å². The van der Waals surface area contributed by atoms with Gasteiger partial charge in [-0.1, -0.05) is 12.7 Å². The maximum absolute atomic E-state index is 12.4. The first-order valence-electron chi connectivity index (χ1n) is 8.83. The quantitative estimate of drug-likeness (QED) is 0.514. The van der Waals surface area contributed by atoms with Crippen molar-refractivity contribution in [3.8, 4) is 23.0 Å². The number of hydrogen-bond donors (Lipinski definition) is 1. The SMILES string of the molecule is C=C(N)/C(=C\C)c1ccc(Oc2ccnc3cc(OC(F)(F)F)ccc23)cc1OC. The molecule has 2 N–H and O–H groups in total. The molecule has 0 unspecified atom stereocenters. The van der Waals surface area contributed by atoms with E-state index in [0.717, 1.165) is 11.1 Å². The molecule has 3 rings (SSSR count). The monoisotopic (exact) mass is 416 g/mol. The summed E-state index contributed by atoms with van der Waals surface area (Å²) >= 11 is 0. The second-order valence-electron chi connectivity index (χ2n) is 6.23. The molecule has 0 fully saturated rings. The number of methoxy groups -OCH3 is 1. The van der Waals surface area contributed by atoms with Crippen molar-refractivity contribution in [3.63, 3.8) is 0 Å². The van der Waals surface area contributed by atoms with Gasteiger partial charge in [0.25, 0.3) is 0 Å². The number of nitrogens with two attached hydrogens (primary N) is 1. The van der Waals surface area contributed by atoms with Gasteiger partial charge >= 0.3 is 6.36 Å². The molecule has 0 aliphatic carbocycles. The van der Waals surface area contributed by atoms with Gasteiger partial charge in [-0.3, -0.25) is 4.98 Å². The van der Waals surface area contributed by atoms with Crippen LogP contribution in [-0.2, 0) is 0 Å². The number of alkyl halides is 3. The summed E-state index contributed by atoms with van der Waals surface area (Å²) in [5, 5.41) is 0.527. The van der Waals surface area contributed by atoms with Crippen LogP contribution >= 0.6 is 0 Å². The van der Waals surface area contributed by atoms with E-state index in [0.29, 0.717) is 33.8 Å². The maximum atomic E-state index is 12.4. The van der Waals surface area contributed by atoms with Crippen LogP contribution < -0.4 is 19.9 Å². The van der Waals surface area contributed by atoms with Gasteiger partial charge in [0.2, 0.25) is 0 Å². The first-order chi connectivity index (χ1) is 14.2. The second-order valence-corrected chi connectivity index (χ2v) is 6.23. The lowest BCUT2D eigenvalue weighted by Gasteiger charge is -2.15. The molecular formula is C22H19F3N2O3. The van der Waals surface area contributed by atoms with E-state index >= 15 is 0 Å². The third kappa shape index (κ3) is 4.65. The molecule has 0 amide bonds. The zero-order valence-electron chi connectivity index (χ0n) is 16.3. The summed E-state index contributed by atoms with van der Waals surface area (Å²) in [7, 11) is 1.53. The molecule has 3 aromatic rings. The average Bonchev–Trinajstić information content (AvgIpc) is 2.68. The molecule has 2 aromatic carbocycles. The summed E-state index contributed by atoms with van der Waals surface area (Å²) in [5.74, 6) is 1.07. The van der Waals surface area contributed by atoms with Gasteiger partial charge < -0.3 is 19.9 Å². The van der Waals surface area contributed by atoms with E-state index in [1.54, 1.807) is 24.3 Å². The minimum atomic E-state index is -4.78. The average molecular weight is 416 g/mol. The molecule has 5 nitrogen and oxygen atoms in total. The predicted molar refractivity (Wildman–Crippen MR) is 108 cm³/mol. The van der Waals surface area contributed by atoms with E-state index in [4.69, 9.17) is 15.2 Å². The summed E-state index contributed by atoms with van der Waals surface area (Å²) in [6.07, 6.45) is -1.50. The lowest BCUT2D eigenvalue weighted by molar-refractivity contribution is -0.274. The van der Waals surface area contributed by atoms with E-state index in [-0.39, 0.29) is 5.75 Å². The highest BCUT2D eigenvalue weighted by Crippen LogP contribution is 2.36.